The van der Waals surface area contributed by atoms with E-state index in [9.17, 15) is 9.00 Å². The number of halogens is 1. The molecular weight excluding hydrogens is 308 g/mol. The van der Waals surface area contributed by atoms with Gasteiger partial charge in [0.15, 0.2) is 0 Å². The molecule has 2 aromatic rings. The fourth-order valence-corrected chi connectivity index (χ4v) is 2.82. The molecule has 2 rings (SSSR count). The molecule has 0 aliphatic carbocycles. The number of anilines is 1. The maximum absolute atomic E-state index is 12.2. The van der Waals surface area contributed by atoms with Crippen molar-refractivity contribution < 1.29 is 9.00 Å². The topological polar surface area (TPSA) is 59.1 Å². The molecule has 1 aromatic heterocycles. The molecule has 0 radical (unpaired) electrons. The van der Waals surface area contributed by atoms with Gasteiger partial charge < -0.3 is 5.32 Å². The maximum atomic E-state index is 12.2. The summed E-state index contributed by atoms with van der Waals surface area (Å²) in [6, 6.07) is 8.66. The molecule has 1 unspecified atom stereocenters. The summed E-state index contributed by atoms with van der Waals surface area (Å²) >= 11 is 5.85. The number of carbonyl (C=O) groups is 1. The van der Waals surface area contributed by atoms with E-state index < -0.39 is 10.8 Å². The van der Waals surface area contributed by atoms with Crippen molar-refractivity contribution in [2.24, 2.45) is 0 Å². The second kappa shape index (κ2) is 6.83. The molecule has 6 heteroatoms. The smallest absolute Gasteiger partial charge is 0.274 e. The van der Waals surface area contributed by atoms with Gasteiger partial charge in [-0.05, 0) is 36.2 Å². The molecule has 1 atom stereocenters. The van der Waals surface area contributed by atoms with Gasteiger partial charge in [-0.15, -0.1) is 0 Å². The van der Waals surface area contributed by atoms with E-state index in [0.717, 1.165) is 11.1 Å². The molecule has 0 spiro atoms. The predicted octanol–water partition coefficient (Wildman–Crippen LogP) is 3.17. The highest BCUT2D eigenvalue weighted by molar-refractivity contribution is 7.83. The van der Waals surface area contributed by atoms with E-state index in [4.69, 9.17) is 11.6 Å². The third-order valence-corrected chi connectivity index (χ3v) is 3.96. The molecule has 1 N–H and O–H groups in total. The number of pyridine rings is 1. The Labute approximate surface area is 131 Å². The third kappa shape index (κ3) is 4.12. The second-order valence-corrected chi connectivity index (χ2v) is 6.49. The Morgan fingerprint density at radius 1 is 1.38 bits per heavy atom. The Hall–Kier alpha value is -1.72. The minimum atomic E-state index is -0.929. The third-order valence-electron chi connectivity index (χ3n) is 3.01. The van der Waals surface area contributed by atoms with Crippen LogP contribution in [-0.4, -0.2) is 21.4 Å². The van der Waals surface area contributed by atoms with Gasteiger partial charge in [-0.25, -0.2) is 0 Å². The summed E-state index contributed by atoms with van der Waals surface area (Å²) in [6.07, 6.45) is 3.14. The molecule has 1 aromatic carbocycles. The molecule has 1 heterocycles. The van der Waals surface area contributed by atoms with Crippen LogP contribution < -0.4 is 5.32 Å². The first-order valence-electron chi connectivity index (χ1n) is 6.29. The van der Waals surface area contributed by atoms with Crippen molar-refractivity contribution in [1.82, 2.24) is 4.98 Å². The van der Waals surface area contributed by atoms with Gasteiger partial charge in [0.2, 0.25) is 0 Å². The van der Waals surface area contributed by atoms with Crippen LogP contribution in [0.2, 0.25) is 5.02 Å². The zero-order valence-electron chi connectivity index (χ0n) is 11.7. The van der Waals surface area contributed by atoms with E-state index in [-0.39, 0.29) is 11.6 Å². The zero-order chi connectivity index (χ0) is 15.4. The molecule has 4 nitrogen and oxygen atoms in total. The number of nitrogens with one attached hydrogen (secondary N) is 1. The van der Waals surface area contributed by atoms with E-state index >= 15 is 0 Å². The standard InChI is InChI=1S/C15H15ClN2O2S/c1-10-11(9-21(2)20)4-3-5-13(10)18-15(19)14-8-12(16)6-7-17-14/h3-8H,9H2,1-2H3,(H,18,19). The largest absolute Gasteiger partial charge is 0.320 e. The minimum Gasteiger partial charge on any atom is -0.320 e. The van der Waals surface area contributed by atoms with Crippen molar-refractivity contribution in [2.75, 3.05) is 11.6 Å². The number of aromatic nitrogens is 1. The molecule has 0 aliphatic heterocycles. The first kappa shape index (κ1) is 15.7. The van der Waals surface area contributed by atoms with Crippen LogP contribution in [0.3, 0.4) is 0 Å². The Balaban J connectivity index is 2.23. The minimum absolute atomic E-state index is 0.256. The number of carbonyl (C=O) groups excluding carboxylic acids is 1. The van der Waals surface area contributed by atoms with Gasteiger partial charge in [0.25, 0.3) is 5.91 Å². The molecule has 1 amide bonds. The summed E-state index contributed by atoms with van der Waals surface area (Å²) in [7, 11) is -0.929. The summed E-state index contributed by atoms with van der Waals surface area (Å²) in [6.45, 7) is 1.89. The maximum Gasteiger partial charge on any atom is 0.274 e. The van der Waals surface area contributed by atoms with Crippen molar-refractivity contribution in [1.29, 1.82) is 0 Å². The Kier molecular flexibility index (Phi) is 5.09. The van der Waals surface area contributed by atoms with Crippen LogP contribution in [0.5, 0.6) is 0 Å². The number of benzene rings is 1. The number of rotatable bonds is 4. The lowest BCUT2D eigenvalue weighted by Crippen LogP contribution is -2.15. The van der Waals surface area contributed by atoms with Crippen LogP contribution in [0.25, 0.3) is 0 Å². The van der Waals surface area contributed by atoms with Crippen molar-refractivity contribution >= 4 is 34.0 Å². The molecular formula is C15H15ClN2O2S. The monoisotopic (exact) mass is 322 g/mol. The van der Waals surface area contributed by atoms with Gasteiger partial charge in [-0.2, -0.15) is 0 Å². The van der Waals surface area contributed by atoms with Crippen LogP contribution in [0.4, 0.5) is 5.69 Å². The summed E-state index contributed by atoms with van der Waals surface area (Å²) < 4.78 is 11.4. The highest BCUT2D eigenvalue weighted by atomic mass is 35.5. The fraction of sp³-hybridized carbons (Fsp3) is 0.200. The quantitative estimate of drug-likeness (QED) is 0.940. The van der Waals surface area contributed by atoms with Gasteiger partial charge in [-0.3, -0.25) is 14.0 Å². The SMILES string of the molecule is Cc1c(CS(C)=O)cccc1NC(=O)c1cc(Cl)ccn1. The van der Waals surface area contributed by atoms with Gasteiger partial charge in [0, 0.05) is 39.7 Å². The molecule has 0 saturated heterocycles. The van der Waals surface area contributed by atoms with Gasteiger partial charge >= 0.3 is 0 Å². The van der Waals surface area contributed by atoms with Gasteiger partial charge in [0.05, 0.1) is 0 Å². The lowest BCUT2D eigenvalue weighted by Gasteiger charge is -2.11. The Morgan fingerprint density at radius 2 is 2.14 bits per heavy atom. The average Bonchev–Trinajstić information content (AvgIpc) is 2.42. The first-order chi connectivity index (χ1) is 9.97. The van der Waals surface area contributed by atoms with Crippen LogP contribution in [-0.2, 0) is 16.6 Å². The van der Waals surface area contributed by atoms with Gasteiger partial charge in [-0.1, -0.05) is 23.7 Å². The Morgan fingerprint density at radius 3 is 2.81 bits per heavy atom. The van der Waals surface area contributed by atoms with Crippen LogP contribution in [0, 0.1) is 6.92 Å². The fourth-order valence-electron chi connectivity index (χ4n) is 1.91. The van der Waals surface area contributed by atoms with E-state index in [2.05, 4.69) is 10.3 Å². The van der Waals surface area contributed by atoms with Crippen molar-refractivity contribution in [3.05, 3.63) is 58.4 Å². The lowest BCUT2D eigenvalue weighted by molar-refractivity contribution is 0.102. The lowest BCUT2D eigenvalue weighted by atomic mass is 10.1. The second-order valence-electron chi connectivity index (χ2n) is 4.62. The zero-order valence-corrected chi connectivity index (χ0v) is 13.3. The summed E-state index contributed by atoms with van der Waals surface area (Å²) in [5.41, 5.74) is 2.80. The number of nitrogens with zero attached hydrogens (tertiary/aromatic N) is 1. The Bertz CT molecular complexity index is 704. The van der Waals surface area contributed by atoms with E-state index in [1.54, 1.807) is 18.4 Å². The van der Waals surface area contributed by atoms with E-state index in [1.807, 2.05) is 19.1 Å². The van der Waals surface area contributed by atoms with Crippen molar-refractivity contribution in [3.8, 4) is 0 Å². The molecule has 0 aliphatic rings. The highest BCUT2D eigenvalue weighted by Crippen LogP contribution is 2.21. The van der Waals surface area contributed by atoms with E-state index in [0.29, 0.717) is 16.5 Å². The van der Waals surface area contributed by atoms with Crippen LogP contribution in [0.15, 0.2) is 36.5 Å². The summed E-state index contributed by atoms with van der Waals surface area (Å²) in [5, 5.41) is 3.27. The summed E-state index contributed by atoms with van der Waals surface area (Å²) in [5.74, 6) is 0.140. The van der Waals surface area contributed by atoms with Crippen LogP contribution >= 0.6 is 11.6 Å². The molecule has 110 valence electrons. The molecule has 0 bridgehead atoms. The summed E-state index contributed by atoms with van der Waals surface area (Å²) in [4.78, 5) is 16.2. The molecule has 0 fully saturated rings. The number of hydrogen-bond acceptors (Lipinski definition) is 3. The normalized spacial score (nSPS) is 12.0. The first-order valence-corrected chi connectivity index (χ1v) is 8.39. The van der Waals surface area contributed by atoms with E-state index in [1.165, 1.54) is 12.3 Å². The van der Waals surface area contributed by atoms with Crippen LogP contribution in [0.1, 0.15) is 21.6 Å². The van der Waals surface area contributed by atoms with Crippen molar-refractivity contribution in [3.63, 3.8) is 0 Å². The molecule has 0 saturated carbocycles. The van der Waals surface area contributed by atoms with Crippen molar-refractivity contribution in [2.45, 2.75) is 12.7 Å². The number of amides is 1. The average molecular weight is 323 g/mol. The molecule has 21 heavy (non-hydrogen) atoms. The van der Waals surface area contributed by atoms with Gasteiger partial charge in [0.1, 0.15) is 5.69 Å². The number of hydrogen-bond donors (Lipinski definition) is 1. The highest BCUT2D eigenvalue weighted by Gasteiger charge is 2.11. The predicted molar refractivity (Wildman–Crippen MR) is 86.1 cm³/mol.